The van der Waals surface area contributed by atoms with Crippen molar-refractivity contribution in [2.75, 3.05) is 6.61 Å². The quantitative estimate of drug-likeness (QED) is 0.434. The fraction of sp³-hybridized carbons (Fsp3) is 0.360. The number of hydrogen-bond donors (Lipinski definition) is 3. The van der Waals surface area contributed by atoms with Crippen LogP contribution in [0.5, 0.6) is 0 Å². The van der Waals surface area contributed by atoms with Crippen molar-refractivity contribution in [3.63, 3.8) is 0 Å². The second-order valence-corrected chi connectivity index (χ2v) is 13.4. The number of aliphatic hydroxyl groups excluding tert-OH is 1. The summed E-state index contributed by atoms with van der Waals surface area (Å²) in [6.07, 6.45) is 2.37. The van der Waals surface area contributed by atoms with E-state index in [1.807, 2.05) is 36.4 Å². The molecule has 0 saturated heterocycles. The SMILES string of the molecule is CC(C)(C)[Si](OC[C@@H](O)CCCc1c[nH]c(=O)[nH]c1=O)(c1ccccc1)c1ccccc1. The minimum Gasteiger partial charge on any atom is -0.405 e. The third kappa shape index (κ3) is 5.35. The standard InChI is InChI=1S/C25H32N2O4Si/c1-25(2,3)32(21-13-6-4-7-14-21,22-15-8-5-9-16-22)31-18-20(28)12-10-11-19-17-26-24(30)27-23(19)29/h4-9,13-17,20,28H,10-12,18H2,1-3H3,(H2,26,27,29,30)/t20-/m0/s1. The molecule has 32 heavy (non-hydrogen) atoms. The van der Waals surface area contributed by atoms with Crippen LogP contribution in [-0.2, 0) is 10.8 Å². The number of aryl methyl sites for hydroxylation is 1. The molecule has 1 atom stereocenters. The van der Waals surface area contributed by atoms with Gasteiger partial charge in [0.1, 0.15) is 0 Å². The predicted molar refractivity (Wildman–Crippen MR) is 130 cm³/mol. The molecule has 0 bridgehead atoms. The van der Waals surface area contributed by atoms with Crippen molar-refractivity contribution in [3.05, 3.63) is 93.3 Å². The van der Waals surface area contributed by atoms with Crippen LogP contribution in [0.25, 0.3) is 0 Å². The van der Waals surface area contributed by atoms with Crippen LogP contribution in [-0.4, -0.2) is 36.1 Å². The van der Waals surface area contributed by atoms with Crippen LogP contribution in [0.1, 0.15) is 39.2 Å². The van der Waals surface area contributed by atoms with E-state index < -0.39 is 20.1 Å². The Balaban J connectivity index is 1.77. The molecule has 1 heterocycles. The Hall–Kier alpha value is -2.74. The van der Waals surface area contributed by atoms with Crippen molar-refractivity contribution in [1.82, 2.24) is 9.97 Å². The molecule has 3 N–H and O–H groups in total. The molecule has 0 fully saturated rings. The van der Waals surface area contributed by atoms with Crippen LogP contribution in [0.2, 0.25) is 5.04 Å². The highest BCUT2D eigenvalue weighted by molar-refractivity contribution is 6.99. The van der Waals surface area contributed by atoms with Gasteiger partial charge in [-0.25, -0.2) is 4.79 Å². The summed E-state index contributed by atoms with van der Waals surface area (Å²) in [5.41, 5.74) is -0.394. The molecule has 6 nitrogen and oxygen atoms in total. The topological polar surface area (TPSA) is 95.2 Å². The summed E-state index contributed by atoms with van der Waals surface area (Å²) < 4.78 is 6.74. The highest BCUT2D eigenvalue weighted by Crippen LogP contribution is 2.36. The van der Waals surface area contributed by atoms with Crippen LogP contribution in [0.15, 0.2) is 76.4 Å². The van der Waals surface area contributed by atoms with Crippen molar-refractivity contribution < 1.29 is 9.53 Å². The summed E-state index contributed by atoms with van der Waals surface area (Å²) in [5.74, 6) is 0. The first-order chi connectivity index (χ1) is 15.2. The zero-order chi connectivity index (χ0) is 23.2. The van der Waals surface area contributed by atoms with Crippen molar-refractivity contribution in [3.8, 4) is 0 Å². The molecule has 0 saturated carbocycles. The molecular formula is C25H32N2O4Si. The lowest BCUT2D eigenvalue weighted by molar-refractivity contribution is 0.0934. The zero-order valence-corrected chi connectivity index (χ0v) is 19.9. The van der Waals surface area contributed by atoms with E-state index in [0.29, 0.717) is 24.8 Å². The van der Waals surface area contributed by atoms with Gasteiger partial charge in [-0.05, 0) is 34.7 Å². The molecule has 170 valence electrons. The van der Waals surface area contributed by atoms with E-state index in [1.165, 1.54) is 16.6 Å². The molecule has 0 aliphatic carbocycles. The third-order valence-corrected chi connectivity index (χ3v) is 10.8. The van der Waals surface area contributed by atoms with E-state index in [1.54, 1.807) is 0 Å². The normalized spacial score (nSPS) is 13.1. The fourth-order valence-corrected chi connectivity index (χ4v) is 8.82. The lowest BCUT2D eigenvalue weighted by Gasteiger charge is -2.43. The van der Waals surface area contributed by atoms with Crippen LogP contribution in [0, 0.1) is 0 Å². The molecule has 0 aliphatic heterocycles. The van der Waals surface area contributed by atoms with Crippen LogP contribution in [0.4, 0.5) is 0 Å². The van der Waals surface area contributed by atoms with E-state index in [2.05, 4.69) is 55.0 Å². The predicted octanol–water partition coefficient (Wildman–Crippen LogP) is 2.32. The Morgan fingerprint density at radius 2 is 1.53 bits per heavy atom. The molecule has 7 heteroatoms. The molecule has 0 radical (unpaired) electrons. The molecule has 0 amide bonds. The number of H-pyrrole nitrogens is 2. The highest BCUT2D eigenvalue weighted by Gasteiger charge is 2.50. The van der Waals surface area contributed by atoms with Crippen molar-refractivity contribution in [2.24, 2.45) is 0 Å². The van der Waals surface area contributed by atoms with Crippen molar-refractivity contribution >= 4 is 18.7 Å². The summed E-state index contributed by atoms with van der Waals surface area (Å²) in [5, 5.41) is 12.9. The first-order valence-electron chi connectivity index (χ1n) is 11.0. The Bertz CT molecular complexity index is 1060. The Kier molecular flexibility index (Phi) is 7.66. The second-order valence-electron chi connectivity index (χ2n) is 9.12. The van der Waals surface area contributed by atoms with Gasteiger partial charge in [-0.3, -0.25) is 9.78 Å². The monoisotopic (exact) mass is 452 g/mol. The molecular weight excluding hydrogens is 420 g/mol. The lowest BCUT2D eigenvalue weighted by Crippen LogP contribution is -2.67. The number of rotatable bonds is 9. The average Bonchev–Trinajstić information content (AvgIpc) is 2.76. The maximum Gasteiger partial charge on any atom is 0.325 e. The number of aromatic amines is 2. The molecule has 1 aromatic heterocycles. The van der Waals surface area contributed by atoms with Crippen LogP contribution >= 0.6 is 0 Å². The lowest BCUT2D eigenvalue weighted by atomic mass is 10.1. The van der Waals surface area contributed by atoms with Gasteiger partial charge in [0.2, 0.25) is 0 Å². The van der Waals surface area contributed by atoms with Crippen molar-refractivity contribution in [2.45, 2.75) is 51.2 Å². The Labute approximate surface area is 189 Å². The smallest absolute Gasteiger partial charge is 0.325 e. The highest BCUT2D eigenvalue weighted by atomic mass is 28.4. The summed E-state index contributed by atoms with van der Waals surface area (Å²) in [4.78, 5) is 27.7. The van der Waals surface area contributed by atoms with Gasteiger partial charge in [-0.15, -0.1) is 0 Å². The Morgan fingerprint density at radius 3 is 2.03 bits per heavy atom. The molecule has 0 aliphatic rings. The minimum atomic E-state index is -2.69. The van der Waals surface area contributed by atoms with E-state index >= 15 is 0 Å². The number of nitrogens with one attached hydrogen (secondary N) is 2. The Morgan fingerprint density at radius 1 is 0.969 bits per heavy atom. The zero-order valence-electron chi connectivity index (χ0n) is 18.9. The first-order valence-corrected chi connectivity index (χ1v) is 12.9. The molecule has 3 rings (SSSR count). The van der Waals surface area contributed by atoms with Gasteiger partial charge in [0.15, 0.2) is 0 Å². The average molecular weight is 453 g/mol. The van der Waals surface area contributed by atoms with Gasteiger partial charge >= 0.3 is 5.69 Å². The number of hydrogen-bond acceptors (Lipinski definition) is 4. The number of aliphatic hydroxyl groups is 1. The summed E-state index contributed by atoms with van der Waals surface area (Å²) >= 11 is 0. The summed E-state index contributed by atoms with van der Waals surface area (Å²) in [7, 11) is -2.69. The largest absolute Gasteiger partial charge is 0.405 e. The molecule has 2 aromatic carbocycles. The number of benzene rings is 2. The molecule has 3 aromatic rings. The minimum absolute atomic E-state index is 0.154. The van der Waals surface area contributed by atoms with E-state index in [-0.39, 0.29) is 17.2 Å². The van der Waals surface area contributed by atoms with Crippen LogP contribution in [0.3, 0.4) is 0 Å². The fourth-order valence-electron chi connectivity index (χ4n) is 4.22. The van der Waals surface area contributed by atoms with E-state index in [4.69, 9.17) is 4.43 Å². The van der Waals surface area contributed by atoms with Gasteiger partial charge in [-0.2, -0.15) is 0 Å². The van der Waals surface area contributed by atoms with Gasteiger partial charge in [0.25, 0.3) is 13.9 Å². The maximum atomic E-state index is 11.8. The van der Waals surface area contributed by atoms with Gasteiger partial charge < -0.3 is 14.5 Å². The van der Waals surface area contributed by atoms with Gasteiger partial charge in [0.05, 0.1) is 12.7 Å². The third-order valence-electron chi connectivity index (χ3n) is 5.79. The van der Waals surface area contributed by atoms with Crippen molar-refractivity contribution in [1.29, 1.82) is 0 Å². The summed E-state index contributed by atoms with van der Waals surface area (Å²) in [6, 6.07) is 20.6. The molecule has 0 unspecified atom stereocenters. The van der Waals surface area contributed by atoms with Gasteiger partial charge in [-0.1, -0.05) is 81.4 Å². The van der Waals surface area contributed by atoms with Crippen LogP contribution < -0.4 is 21.6 Å². The van der Waals surface area contributed by atoms with E-state index in [9.17, 15) is 14.7 Å². The second kappa shape index (κ2) is 10.2. The van der Waals surface area contributed by atoms with E-state index in [0.717, 1.165) is 0 Å². The van der Waals surface area contributed by atoms with Gasteiger partial charge in [0, 0.05) is 11.8 Å². The number of aromatic nitrogens is 2. The first kappa shape index (κ1) is 23.9. The molecule has 0 spiro atoms. The summed E-state index contributed by atoms with van der Waals surface area (Å²) in [6.45, 7) is 6.82. The maximum absolute atomic E-state index is 11.8.